The van der Waals surface area contributed by atoms with E-state index >= 15 is 0 Å². The maximum atomic E-state index is 12.2. The number of nitrogens with one attached hydrogen (secondary N) is 1. The highest BCUT2D eigenvalue weighted by molar-refractivity contribution is 6.32. The Balaban J connectivity index is 1.83. The van der Waals surface area contributed by atoms with Gasteiger partial charge in [0.25, 0.3) is 5.91 Å². The van der Waals surface area contributed by atoms with E-state index in [1.807, 2.05) is 0 Å². The number of aliphatic carboxylic acids is 1. The fourth-order valence-corrected chi connectivity index (χ4v) is 2.26. The first kappa shape index (κ1) is 19.6. The maximum absolute atomic E-state index is 12.2. The van der Waals surface area contributed by atoms with Gasteiger partial charge in [-0.25, -0.2) is 0 Å². The first-order valence-corrected chi connectivity index (χ1v) is 8.50. The van der Waals surface area contributed by atoms with E-state index in [0.717, 1.165) is 0 Å². The summed E-state index contributed by atoms with van der Waals surface area (Å²) in [6.45, 7) is 1.96. The summed E-state index contributed by atoms with van der Waals surface area (Å²) in [4.78, 5) is 22.7. The van der Waals surface area contributed by atoms with Crippen molar-refractivity contribution in [3.8, 4) is 11.5 Å². The van der Waals surface area contributed by atoms with Crippen LogP contribution in [0.2, 0.25) is 5.02 Å². The van der Waals surface area contributed by atoms with Gasteiger partial charge in [-0.15, -0.1) is 0 Å². The Morgan fingerprint density at radius 2 is 1.85 bits per heavy atom. The minimum Gasteiger partial charge on any atom is -0.494 e. The number of carbonyl (C=O) groups excluding carboxylic acids is 1. The van der Waals surface area contributed by atoms with Crippen molar-refractivity contribution in [1.29, 1.82) is 0 Å². The third kappa shape index (κ3) is 6.29. The molecular formula is C19H20ClNO5. The van der Waals surface area contributed by atoms with E-state index in [1.165, 1.54) is 0 Å². The first-order valence-electron chi connectivity index (χ1n) is 8.12. The molecule has 2 aromatic rings. The predicted octanol–water partition coefficient (Wildman–Crippen LogP) is 3.99. The Hall–Kier alpha value is -2.73. The van der Waals surface area contributed by atoms with E-state index in [2.05, 4.69) is 5.32 Å². The number of para-hydroxylation sites is 1. The number of carboxylic acids is 1. The maximum Gasteiger partial charge on any atom is 0.303 e. The summed E-state index contributed by atoms with van der Waals surface area (Å²) in [6, 6.07) is 13.8. The highest BCUT2D eigenvalue weighted by atomic mass is 35.5. The zero-order chi connectivity index (χ0) is 18.9. The molecule has 0 radical (unpaired) electrons. The minimum absolute atomic E-state index is 0.0669. The molecule has 6 nitrogen and oxygen atoms in total. The van der Waals surface area contributed by atoms with Crippen LogP contribution in [0.1, 0.15) is 19.8 Å². The van der Waals surface area contributed by atoms with Gasteiger partial charge in [0, 0.05) is 12.1 Å². The molecule has 0 heterocycles. The molecule has 0 bridgehead atoms. The van der Waals surface area contributed by atoms with Gasteiger partial charge in [-0.2, -0.15) is 0 Å². The number of amides is 1. The monoisotopic (exact) mass is 377 g/mol. The van der Waals surface area contributed by atoms with Gasteiger partial charge >= 0.3 is 5.97 Å². The number of carbonyl (C=O) groups is 2. The molecule has 0 fully saturated rings. The third-order valence-electron chi connectivity index (χ3n) is 3.44. The van der Waals surface area contributed by atoms with Gasteiger partial charge in [0.05, 0.1) is 11.6 Å². The summed E-state index contributed by atoms with van der Waals surface area (Å²) in [6.07, 6.45) is -0.218. The smallest absolute Gasteiger partial charge is 0.303 e. The quantitative estimate of drug-likeness (QED) is 0.645. The Bertz CT molecular complexity index is 748. The zero-order valence-corrected chi connectivity index (χ0v) is 15.0. The highest BCUT2D eigenvalue weighted by Gasteiger charge is 2.16. The molecule has 0 spiro atoms. The molecule has 1 unspecified atom stereocenters. The molecule has 2 rings (SSSR count). The standard InChI is InChI=1S/C19H20ClNO5/c1-13(26-17-6-3-2-5-16(17)20)19(24)21-14-8-10-15(11-9-14)25-12-4-7-18(22)23/h2-3,5-6,8-11,13H,4,7,12H2,1H3,(H,21,24)(H,22,23). The van der Waals surface area contributed by atoms with E-state index in [4.69, 9.17) is 26.2 Å². The van der Waals surface area contributed by atoms with Crippen LogP contribution in [-0.4, -0.2) is 29.7 Å². The predicted molar refractivity (Wildman–Crippen MR) is 99.0 cm³/mol. The normalized spacial score (nSPS) is 11.5. The second kappa shape index (κ2) is 9.68. The number of halogens is 1. The molecule has 1 atom stereocenters. The van der Waals surface area contributed by atoms with E-state index in [9.17, 15) is 9.59 Å². The molecule has 0 aliphatic rings. The van der Waals surface area contributed by atoms with Crippen LogP contribution in [0.25, 0.3) is 0 Å². The lowest BCUT2D eigenvalue weighted by Crippen LogP contribution is -2.30. The average molecular weight is 378 g/mol. The molecule has 0 saturated carbocycles. The van der Waals surface area contributed by atoms with E-state index in [-0.39, 0.29) is 12.3 Å². The topological polar surface area (TPSA) is 84.9 Å². The molecule has 0 aliphatic carbocycles. The molecule has 26 heavy (non-hydrogen) atoms. The van der Waals surface area contributed by atoms with Crippen molar-refractivity contribution in [2.24, 2.45) is 0 Å². The number of ether oxygens (including phenoxy) is 2. The van der Waals surface area contributed by atoms with Crippen molar-refractivity contribution in [2.45, 2.75) is 25.9 Å². The summed E-state index contributed by atoms with van der Waals surface area (Å²) >= 11 is 6.02. The Morgan fingerprint density at radius 3 is 2.50 bits per heavy atom. The van der Waals surface area contributed by atoms with Crippen molar-refractivity contribution >= 4 is 29.2 Å². The lowest BCUT2D eigenvalue weighted by molar-refractivity contribution is -0.137. The van der Waals surface area contributed by atoms with E-state index in [0.29, 0.717) is 35.2 Å². The second-order valence-electron chi connectivity index (χ2n) is 5.55. The average Bonchev–Trinajstić information content (AvgIpc) is 2.61. The van der Waals surface area contributed by atoms with E-state index in [1.54, 1.807) is 55.5 Å². The number of carboxylic acid groups (broad SMARTS) is 1. The lowest BCUT2D eigenvalue weighted by atomic mass is 10.2. The Labute approximate surface area is 156 Å². The van der Waals surface area contributed by atoms with Gasteiger partial charge in [-0.1, -0.05) is 23.7 Å². The summed E-state index contributed by atoms with van der Waals surface area (Å²) in [5.41, 5.74) is 0.600. The third-order valence-corrected chi connectivity index (χ3v) is 3.75. The summed E-state index contributed by atoms with van der Waals surface area (Å²) in [5, 5.41) is 11.8. The molecule has 1 amide bonds. The van der Waals surface area contributed by atoms with E-state index < -0.39 is 12.1 Å². The van der Waals surface area contributed by atoms with Crippen LogP contribution in [0.15, 0.2) is 48.5 Å². The van der Waals surface area contributed by atoms with Crippen molar-refractivity contribution in [2.75, 3.05) is 11.9 Å². The zero-order valence-electron chi connectivity index (χ0n) is 14.3. The molecule has 2 N–H and O–H groups in total. The van der Waals surface area contributed by atoms with Crippen LogP contribution < -0.4 is 14.8 Å². The number of benzene rings is 2. The fraction of sp³-hybridized carbons (Fsp3) is 0.263. The van der Waals surface area contributed by atoms with Gasteiger partial charge in [0.1, 0.15) is 11.5 Å². The van der Waals surface area contributed by atoms with Crippen molar-refractivity contribution in [3.63, 3.8) is 0 Å². The van der Waals surface area contributed by atoms with Gasteiger partial charge in [-0.05, 0) is 49.7 Å². The number of anilines is 1. The molecule has 2 aromatic carbocycles. The SMILES string of the molecule is CC(Oc1ccccc1Cl)C(=O)Nc1ccc(OCCCC(=O)O)cc1. The molecule has 7 heteroatoms. The Kier molecular flexibility index (Phi) is 7.29. The first-order chi connectivity index (χ1) is 12.5. The van der Waals surface area contributed by atoms with Crippen molar-refractivity contribution in [1.82, 2.24) is 0 Å². The second-order valence-corrected chi connectivity index (χ2v) is 5.96. The van der Waals surface area contributed by atoms with Gasteiger partial charge in [0.15, 0.2) is 6.10 Å². The van der Waals surface area contributed by atoms with Crippen LogP contribution >= 0.6 is 11.6 Å². The largest absolute Gasteiger partial charge is 0.494 e. The van der Waals surface area contributed by atoms with Gasteiger partial charge in [-0.3, -0.25) is 9.59 Å². The summed E-state index contributed by atoms with van der Waals surface area (Å²) in [5.74, 6) is -0.101. The van der Waals surface area contributed by atoms with Crippen LogP contribution in [-0.2, 0) is 9.59 Å². The summed E-state index contributed by atoms with van der Waals surface area (Å²) < 4.78 is 11.0. The summed E-state index contributed by atoms with van der Waals surface area (Å²) in [7, 11) is 0. The fourth-order valence-electron chi connectivity index (χ4n) is 2.08. The molecule has 0 aliphatic heterocycles. The van der Waals surface area contributed by atoms with Gasteiger partial charge < -0.3 is 19.9 Å². The minimum atomic E-state index is -0.847. The molecular weight excluding hydrogens is 358 g/mol. The van der Waals surface area contributed by atoms with Crippen molar-refractivity contribution in [3.05, 3.63) is 53.6 Å². The number of hydrogen-bond donors (Lipinski definition) is 2. The van der Waals surface area contributed by atoms with Gasteiger partial charge in [0.2, 0.25) is 0 Å². The number of rotatable bonds is 9. The van der Waals surface area contributed by atoms with Crippen LogP contribution in [0.3, 0.4) is 0 Å². The lowest BCUT2D eigenvalue weighted by Gasteiger charge is -2.15. The number of hydrogen-bond acceptors (Lipinski definition) is 4. The van der Waals surface area contributed by atoms with Crippen LogP contribution in [0, 0.1) is 0 Å². The van der Waals surface area contributed by atoms with Crippen LogP contribution in [0.4, 0.5) is 5.69 Å². The molecule has 0 saturated heterocycles. The Morgan fingerprint density at radius 1 is 1.15 bits per heavy atom. The van der Waals surface area contributed by atoms with Crippen molar-refractivity contribution < 1.29 is 24.2 Å². The molecule has 0 aromatic heterocycles. The molecule has 138 valence electrons. The van der Waals surface area contributed by atoms with Crippen LogP contribution in [0.5, 0.6) is 11.5 Å². The highest BCUT2D eigenvalue weighted by Crippen LogP contribution is 2.24.